The van der Waals surface area contributed by atoms with Crippen molar-refractivity contribution in [1.29, 1.82) is 0 Å². The monoisotopic (exact) mass is 306 g/mol. The highest BCUT2D eigenvalue weighted by atomic mass is 32.2. The second kappa shape index (κ2) is 6.07. The molecule has 1 aromatic carbocycles. The van der Waals surface area contributed by atoms with Crippen molar-refractivity contribution in [3.05, 3.63) is 23.8 Å². The number of amides is 2. The topological polar surface area (TPSA) is 69.6 Å². The molecule has 2 N–H and O–H groups in total. The summed E-state index contributed by atoms with van der Waals surface area (Å²) in [6.45, 7) is 0.686. The van der Waals surface area contributed by atoms with Gasteiger partial charge < -0.3 is 15.3 Å². The van der Waals surface area contributed by atoms with Gasteiger partial charge in [-0.05, 0) is 37.5 Å². The van der Waals surface area contributed by atoms with E-state index in [-0.39, 0.29) is 24.5 Å². The second-order valence-electron chi connectivity index (χ2n) is 5.38. The first-order chi connectivity index (χ1) is 10.2. The minimum atomic E-state index is -0.0914. The molecule has 2 aliphatic rings. The molecule has 1 fully saturated rings. The Labute approximate surface area is 127 Å². The van der Waals surface area contributed by atoms with Crippen LogP contribution in [0.15, 0.2) is 23.1 Å². The molecule has 1 atom stereocenters. The fourth-order valence-corrected chi connectivity index (χ4v) is 3.63. The Kier molecular flexibility index (Phi) is 4.17. The average Bonchev–Trinajstić information content (AvgIpc) is 2.53. The predicted molar refractivity (Wildman–Crippen MR) is 81.6 cm³/mol. The van der Waals surface area contributed by atoms with Gasteiger partial charge in [0.15, 0.2) is 0 Å². The summed E-state index contributed by atoms with van der Waals surface area (Å²) in [7, 11) is 0. The maximum atomic E-state index is 12.6. The number of thioether (sulfide) groups is 1. The molecular formula is C15H18N2O3S. The van der Waals surface area contributed by atoms with Crippen LogP contribution in [0.4, 0.5) is 5.69 Å². The molecule has 0 bridgehead atoms. The Hall–Kier alpha value is -1.53. The lowest BCUT2D eigenvalue weighted by Gasteiger charge is -2.34. The molecule has 0 aromatic heterocycles. The number of aliphatic hydroxyl groups is 1. The van der Waals surface area contributed by atoms with Crippen molar-refractivity contribution < 1.29 is 14.7 Å². The molecule has 1 unspecified atom stereocenters. The number of hydrogen-bond acceptors (Lipinski definition) is 4. The molecule has 5 nitrogen and oxygen atoms in total. The summed E-state index contributed by atoms with van der Waals surface area (Å²) in [6.07, 6.45) is 2.87. The van der Waals surface area contributed by atoms with Crippen LogP contribution in [0.25, 0.3) is 0 Å². The highest BCUT2D eigenvalue weighted by molar-refractivity contribution is 8.00. The van der Waals surface area contributed by atoms with E-state index >= 15 is 0 Å². The summed E-state index contributed by atoms with van der Waals surface area (Å²) in [6, 6.07) is 5.33. The van der Waals surface area contributed by atoms with Gasteiger partial charge in [0.05, 0.1) is 24.1 Å². The van der Waals surface area contributed by atoms with E-state index in [1.165, 1.54) is 11.8 Å². The molecule has 0 saturated carbocycles. The van der Waals surface area contributed by atoms with Crippen LogP contribution in [0.5, 0.6) is 0 Å². The summed E-state index contributed by atoms with van der Waals surface area (Å²) in [5.41, 5.74) is 1.27. The molecule has 2 amide bonds. The molecule has 0 aliphatic carbocycles. The quantitative estimate of drug-likeness (QED) is 0.873. The smallest absolute Gasteiger partial charge is 0.254 e. The minimum absolute atomic E-state index is 0.00324. The highest BCUT2D eigenvalue weighted by Crippen LogP contribution is 2.32. The Bertz CT molecular complexity index is 576. The number of piperidine rings is 1. The largest absolute Gasteiger partial charge is 0.394 e. The maximum absolute atomic E-state index is 12.6. The van der Waals surface area contributed by atoms with E-state index in [4.69, 9.17) is 0 Å². The van der Waals surface area contributed by atoms with Crippen LogP contribution in [0.3, 0.4) is 0 Å². The molecule has 21 heavy (non-hydrogen) atoms. The minimum Gasteiger partial charge on any atom is -0.394 e. The summed E-state index contributed by atoms with van der Waals surface area (Å²) in [5, 5.41) is 12.2. The third kappa shape index (κ3) is 2.91. The molecule has 0 spiro atoms. The van der Waals surface area contributed by atoms with Crippen molar-refractivity contribution >= 4 is 29.3 Å². The van der Waals surface area contributed by atoms with E-state index in [1.54, 1.807) is 17.0 Å². The third-order valence-electron chi connectivity index (χ3n) is 3.96. The molecule has 112 valence electrons. The second-order valence-corrected chi connectivity index (χ2v) is 6.40. The van der Waals surface area contributed by atoms with Gasteiger partial charge in [-0.2, -0.15) is 0 Å². The first-order valence-corrected chi connectivity index (χ1v) is 8.16. The summed E-state index contributed by atoms with van der Waals surface area (Å²) < 4.78 is 0. The van der Waals surface area contributed by atoms with Crippen molar-refractivity contribution in [2.45, 2.75) is 30.2 Å². The highest BCUT2D eigenvalue weighted by Gasteiger charge is 2.27. The lowest BCUT2D eigenvalue weighted by atomic mass is 10.0. The number of benzene rings is 1. The molecular weight excluding hydrogens is 288 g/mol. The van der Waals surface area contributed by atoms with Crippen molar-refractivity contribution in [2.24, 2.45) is 0 Å². The number of fused-ring (bicyclic) bond motifs is 1. The van der Waals surface area contributed by atoms with E-state index in [9.17, 15) is 14.7 Å². The average molecular weight is 306 g/mol. The lowest BCUT2D eigenvalue weighted by molar-refractivity contribution is -0.113. The van der Waals surface area contributed by atoms with Gasteiger partial charge >= 0.3 is 0 Å². The van der Waals surface area contributed by atoms with Gasteiger partial charge in [0, 0.05) is 17.0 Å². The van der Waals surface area contributed by atoms with Crippen molar-refractivity contribution in [3.8, 4) is 0 Å². The Balaban J connectivity index is 1.84. The van der Waals surface area contributed by atoms with Crippen LogP contribution in [0.1, 0.15) is 29.6 Å². The van der Waals surface area contributed by atoms with Crippen LogP contribution in [0.2, 0.25) is 0 Å². The SMILES string of the molecule is O=C1CSc2ccc(C(=O)N3CCCCC3CO)cc2N1. The molecule has 1 aromatic rings. The number of nitrogens with one attached hydrogen (secondary N) is 1. The molecule has 2 heterocycles. The fourth-order valence-electron chi connectivity index (χ4n) is 2.84. The standard InChI is InChI=1S/C15H18N2O3S/c18-8-11-3-1-2-6-17(11)15(20)10-4-5-13-12(7-10)16-14(19)9-21-13/h4-5,7,11,18H,1-3,6,8-9H2,(H,16,19). The number of nitrogens with zero attached hydrogens (tertiary/aromatic N) is 1. The van der Waals surface area contributed by atoms with E-state index in [1.807, 2.05) is 6.07 Å². The van der Waals surface area contributed by atoms with Crippen LogP contribution < -0.4 is 5.32 Å². The summed E-state index contributed by atoms with van der Waals surface area (Å²) >= 11 is 1.48. The van der Waals surface area contributed by atoms with Gasteiger partial charge in [-0.25, -0.2) is 0 Å². The number of rotatable bonds is 2. The normalized spacial score (nSPS) is 21.7. The number of aliphatic hydroxyl groups excluding tert-OH is 1. The summed E-state index contributed by atoms with van der Waals surface area (Å²) in [4.78, 5) is 26.8. The predicted octanol–water partition coefficient (Wildman–Crippen LogP) is 1.72. The van der Waals surface area contributed by atoms with Gasteiger partial charge in [0.2, 0.25) is 5.91 Å². The van der Waals surface area contributed by atoms with Crippen molar-refractivity contribution in [3.63, 3.8) is 0 Å². The molecule has 2 aliphatic heterocycles. The van der Waals surface area contributed by atoms with Crippen LogP contribution in [-0.4, -0.2) is 46.8 Å². The van der Waals surface area contributed by atoms with Gasteiger partial charge in [-0.3, -0.25) is 9.59 Å². The van der Waals surface area contributed by atoms with E-state index in [0.29, 0.717) is 23.5 Å². The Morgan fingerprint density at radius 3 is 3.10 bits per heavy atom. The number of carbonyl (C=O) groups is 2. The Morgan fingerprint density at radius 2 is 2.29 bits per heavy atom. The first-order valence-electron chi connectivity index (χ1n) is 7.17. The van der Waals surface area contributed by atoms with Crippen molar-refractivity contribution in [2.75, 3.05) is 24.2 Å². The summed E-state index contributed by atoms with van der Waals surface area (Å²) in [5.74, 6) is 0.309. The van der Waals surface area contributed by atoms with Crippen LogP contribution in [-0.2, 0) is 4.79 Å². The van der Waals surface area contributed by atoms with Crippen LogP contribution >= 0.6 is 11.8 Å². The number of carbonyl (C=O) groups excluding carboxylic acids is 2. The zero-order valence-electron chi connectivity index (χ0n) is 11.7. The van der Waals surface area contributed by atoms with Gasteiger partial charge in [-0.1, -0.05) is 0 Å². The number of hydrogen-bond donors (Lipinski definition) is 2. The zero-order valence-corrected chi connectivity index (χ0v) is 12.5. The zero-order chi connectivity index (χ0) is 14.8. The van der Waals surface area contributed by atoms with Crippen LogP contribution in [0, 0.1) is 0 Å². The van der Waals surface area contributed by atoms with Gasteiger partial charge in [0.25, 0.3) is 5.91 Å². The van der Waals surface area contributed by atoms with E-state index in [0.717, 1.165) is 24.2 Å². The fraction of sp³-hybridized carbons (Fsp3) is 0.467. The molecule has 0 radical (unpaired) electrons. The maximum Gasteiger partial charge on any atom is 0.254 e. The number of likely N-dealkylation sites (tertiary alicyclic amines) is 1. The first kappa shape index (κ1) is 14.4. The molecule has 3 rings (SSSR count). The van der Waals surface area contributed by atoms with E-state index < -0.39 is 0 Å². The lowest BCUT2D eigenvalue weighted by Crippen LogP contribution is -2.45. The molecule has 1 saturated heterocycles. The van der Waals surface area contributed by atoms with Crippen molar-refractivity contribution in [1.82, 2.24) is 4.90 Å². The Morgan fingerprint density at radius 1 is 1.43 bits per heavy atom. The third-order valence-corrected chi connectivity index (χ3v) is 5.03. The van der Waals surface area contributed by atoms with Gasteiger partial charge in [0.1, 0.15) is 0 Å². The van der Waals surface area contributed by atoms with Gasteiger partial charge in [-0.15, -0.1) is 11.8 Å². The molecule has 6 heteroatoms. The van der Waals surface area contributed by atoms with E-state index in [2.05, 4.69) is 5.32 Å². The number of anilines is 1.